The molecule has 6 rings (SSSR count). The zero-order chi connectivity index (χ0) is 22.1. The van der Waals surface area contributed by atoms with E-state index in [1.54, 1.807) is 10.7 Å². The van der Waals surface area contributed by atoms with Crippen molar-refractivity contribution in [3.63, 3.8) is 0 Å². The Balaban J connectivity index is 1.38. The summed E-state index contributed by atoms with van der Waals surface area (Å²) in [6.45, 7) is 4.78. The number of rotatable bonds is 5. The summed E-state index contributed by atoms with van der Waals surface area (Å²) in [6.07, 6.45) is 6.18. The van der Waals surface area contributed by atoms with Gasteiger partial charge in [0.2, 0.25) is 0 Å². The summed E-state index contributed by atoms with van der Waals surface area (Å²) >= 11 is 0. The molecule has 0 bridgehead atoms. The monoisotopic (exact) mass is 430 g/mol. The van der Waals surface area contributed by atoms with Crippen LogP contribution >= 0.6 is 0 Å². The first-order chi connectivity index (χ1) is 15.4. The number of aromatic nitrogens is 3. The summed E-state index contributed by atoms with van der Waals surface area (Å²) in [7, 11) is 0. The largest absolute Gasteiger partial charge is 0.381 e. The van der Waals surface area contributed by atoms with Gasteiger partial charge in [-0.2, -0.15) is 0 Å². The van der Waals surface area contributed by atoms with Crippen LogP contribution in [-0.2, 0) is 6.54 Å². The molecular weight excluding hydrogens is 404 g/mol. The molecule has 0 spiro atoms. The van der Waals surface area contributed by atoms with Gasteiger partial charge in [-0.25, -0.2) is 9.50 Å². The maximum atomic E-state index is 13.1. The average Bonchev–Trinajstić information content (AvgIpc) is 3.68. The Labute approximate surface area is 185 Å². The molecule has 2 aromatic heterocycles. The number of nitrogens with two attached hydrogens (primary N) is 1. The van der Waals surface area contributed by atoms with Gasteiger partial charge >= 0.3 is 0 Å². The van der Waals surface area contributed by atoms with E-state index in [1.807, 2.05) is 24.0 Å². The van der Waals surface area contributed by atoms with Gasteiger partial charge in [-0.05, 0) is 74.8 Å². The average molecular weight is 431 g/mol. The highest BCUT2D eigenvalue weighted by Crippen LogP contribution is 2.39. The lowest BCUT2D eigenvalue weighted by atomic mass is 9.98. The second-order valence-electron chi connectivity index (χ2n) is 9.43. The van der Waals surface area contributed by atoms with Crippen molar-refractivity contribution in [3.05, 3.63) is 46.6 Å². The van der Waals surface area contributed by atoms with Crippen molar-refractivity contribution < 1.29 is 9.59 Å². The first-order valence-electron chi connectivity index (χ1n) is 11.3. The number of hydrogen-bond donors (Lipinski definition) is 2. The second-order valence-corrected chi connectivity index (χ2v) is 9.43. The van der Waals surface area contributed by atoms with Crippen LogP contribution in [0.5, 0.6) is 0 Å². The number of amides is 2. The molecule has 0 unspecified atom stereocenters. The topological polar surface area (TPSA) is 106 Å². The third-order valence-electron chi connectivity index (χ3n) is 6.98. The van der Waals surface area contributed by atoms with Crippen LogP contribution in [0.15, 0.2) is 24.4 Å². The van der Waals surface area contributed by atoms with E-state index in [0.29, 0.717) is 23.7 Å². The van der Waals surface area contributed by atoms with E-state index in [-0.39, 0.29) is 29.7 Å². The number of carbonyl (C=O) groups is 2. The summed E-state index contributed by atoms with van der Waals surface area (Å²) in [5.74, 6) is 0.706. The van der Waals surface area contributed by atoms with Crippen LogP contribution in [0.1, 0.15) is 64.4 Å². The Morgan fingerprint density at radius 3 is 2.75 bits per heavy atom. The van der Waals surface area contributed by atoms with Crippen LogP contribution in [0.4, 0.5) is 5.82 Å². The fourth-order valence-electron chi connectivity index (χ4n) is 4.81. The van der Waals surface area contributed by atoms with Crippen LogP contribution in [0.25, 0.3) is 16.9 Å². The van der Waals surface area contributed by atoms with Gasteiger partial charge in [-0.15, -0.1) is 5.10 Å². The van der Waals surface area contributed by atoms with Gasteiger partial charge in [0.05, 0.1) is 5.69 Å². The fourth-order valence-corrected chi connectivity index (χ4v) is 4.81. The van der Waals surface area contributed by atoms with E-state index < -0.39 is 0 Å². The lowest BCUT2D eigenvalue weighted by Gasteiger charge is -2.24. The summed E-state index contributed by atoms with van der Waals surface area (Å²) in [6, 6.07) is 6.42. The maximum Gasteiger partial charge on any atom is 0.259 e. The highest BCUT2D eigenvalue weighted by atomic mass is 16.2. The van der Waals surface area contributed by atoms with Crippen molar-refractivity contribution in [1.82, 2.24) is 24.8 Å². The lowest BCUT2D eigenvalue weighted by Crippen LogP contribution is -2.34. The van der Waals surface area contributed by atoms with Gasteiger partial charge in [-0.1, -0.05) is 0 Å². The normalized spacial score (nSPS) is 18.8. The van der Waals surface area contributed by atoms with Crippen molar-refractivity contribution in [2.75, 3.05) is 5.73 Å². The Morgan fingerprint density at radius 2 is 2.03 bits per heavy atom. The minimum Gasteiger partial charge on any atom is -0.381 e. The van der Waals surface area contributed by atoms with E-state index in [2.05, 4.69) is 23.4 Å². The lowest BCUT2D eigenvalue weighted by molar-refractivity contribution is 0.0696. The minimum absolute atomic E-state index is 0.134. The number of nitrogen functional groups attached to an aromatic ring is 1. The van der Waals surface area contributed by atoms with E-state index in [0.717, 1.165) is 40.8 Å². The quantitative estimate of drug-likeness (QED) is 0.647. The molecule has 2 amide bonds. The van der Waals surface area contributed by atoms with Crippen LogP contribution in [-0.4, -0.2) is 43.4 Å². The number of nitrogens with zero attached hydrogens (tertiary/aromatic N) is 4. The molecule has 32 heavy (non-hydrogen) atoms. The molecule has 1 atom stereocenters. The van der Waals surface area contributed by atoms with E-state index in [9.17, 15) is 9.59 Å². The van der Waals surface area contributed by atoms with Crippen LogP contribution in [0, 0.1) is 12.8 Å². The molecular formula is C24H26N6O2. The molecule has 2 saturated carbocycles. The molecule has 3 aliphatic rings. The number of hydrogen-bond acceptors (Lipinski definition) is 5. The van der Waals surface area contributed by atoms with Gasteiger partial charge in [0.25, 0.3) is 11.8 Å². The van der Waals surface area contributed by atoms with E-state index in [1.165, 1.54) is 12.8 Å². The zero-order valence-corrected chi connectivity index (χ0v) is 18.3. The van der Waals surface area contributed by atoms with Gasteiger partial charge in [-0.3, -0.25) is 9.59 Å². The number of anilines is 1. The number of carbonyl (C=O) groups excluding carboxylic acids is 2. The van der Waals surface area contributed by atoms with Gasteiger partial charge in [0.15, 0.2) is 11.5 Å². The molecule has 1 aromatic carbocycles. The van der Waals surface area contributed by atoms with E-state index >= 15 is 0 Å². The molecule has 8 nitrogen and oxygen atoms in total. The van der Waals surface area contributed by atoms with Crippen LogP contribution < -0.4 is 11.1 Å². The SMILES string of the molecule is Cc1cc(-c2ccn3nc(N)c(C(=O)NC4CC4)c3n2)cc2c1C(=O)N([C@@H](C)C1CC1)C2. The van der Waals surface area contributed by atoms with E-state index in [4.69, 9.17) is 10.7 Å². The van der Waals surface area contributed by atoms with Crippen molar-refractivity contribution in [3.8, 4) is 11.3 Å². The molecule has 8 heteroatoms. The molecule has 164 valence electrons. The Hall–Kier alpha value is -3.42. The van der Waals surface area contributed by atoms with Gasteiger partial charge in [0, 0.05) is 36.0 Å². The molecule has 3 N–H and O–H groups in total. The highest BCUT2D eigenvalue weighted by Gasteiger charge is 2.39. The predicted octanol–water partition coefficient (Wildman–Crippen LogP) is 2.93. The third-order valence-corrected chi connectivity index (χ3v) is 6.98. The predicted molar refractivity (Wildman–Crippen MR) is 120 cm³/mol. The summed E-state index contributed by atoms with van der Waals surface area (Å²) in [5.41, 5.74) is 11.3. The number of aryl methyl sites for hydroxylation is 1. The molecule has 2 fully saturated rings. The summed E-state index contributed by atoms with van der Waals surface area (Å²) in [4.78, 5) is 32.5. The Kier molecular flexibility index (Phi) is 4.09. The Morgan fingerprint density at radius 1 is 1.25 bits per heavy atom. The number of benzene rings is 1. The zero-order valence-electron chi connectivity index (χ0n) is 18.3. The smallest absolute Gasteiger partial charge is 0.259 e. The van der Waals surface area contributed by atoms with Gasteiger partial charge < -0.3 is 16.0 Å². The molecule has 3 heterocycles. The molecule has 0 radical (unpaired) electrons. The molecule has 2 aliphatic carbocycles. The molecule has 0 saturated heterocycles. The Bertz CT molecular complexity index is 1290. The third kappa shape index (κ3) is 3.04. The minimum atomic E-state index is -0.231. The summed E-state index contributed by atoms with van der Waals surface area (Å²) in [5, 5.41) is 7.22. The standard InChI is InChI=1S/C24H26N6O2/c1-12-9-15(10-16-11-29(24(32)19(12)16)13(2)14-3-4-14)18-7-8-30-22(27-18)20(21(25)28-30)23(31)26-17-5-6-17/h7-10,13-14,17H,3-6,11H2,1-2H3,(H2,25,28)(H,26,31)/t13-/m0/s1. The first-order valence-corrected chi connectivity index (χ1v) is 11.3. The van der Waals surface area contributed by atoms with Crippen LogP contribution in [0.3, 0.4) is 0 Å². The van der Waals surface area contributed by atoms with Crippen molar-refractivity contribution in [2.24, 2.45) is 5.92 Å². The van der Waals surface area contributed by atoms with Crippen molar-refractivity contribution in [2.45, 2.75) is 58.2 Å². The number of fused-ring (bicyclic) bond motifs is 2. The van der Waals surface area contributed by atoms with Crippen LogP contribution in [0.2, 0.25) is 0 Å². The number of nitrogens with one attached hydrogen (secondary N) is 1. The highest BCUT2D eigenvalue weighted by molar-refractivity contribution is 6.04. The van der Waals surface area contributed by atoms with Crippen molar-refractivity contribution >= 4 is 23.3 Å². The molecule has 3 aromatic rings. The maximum absolute atomic E-state index is 13.1. The van der Waals surface area contributed by atoms with Crippen molar-refractivity contribution in [1.29, 1.82) is 0 Å². The first kappa shape index (κ1) is 19.3. The summed E-state index contributed by atoms with van der Waals surface area (Å²) < 4.78 is 1.55. The van der Waals surface area contributed by atoms with Gasteiger partial charge in [0.1, 0.15) is 5.56 Å². The fraction of sp³-hybridized carbons (Fsp3) is 0.417. The molecule has 1 aliphatic heterocycles. The second kappa shape index (κ2) is 6.79.